The topological polar surface area (TPSA) is 105 Å². The van der Waals surface area contributed by atoms with Crippen molar-refractivity contribution in [3.63, 3.8) is 0 Å². The summed E-state index contributed by atoms with van der Waals surface area (Å²) in [7, 11) is 0. The zero-order valence-corrected chi connectivity index (χ0v) is 17.1. The Hall–Kier alpha value is -3.35. The fourth-order valence-corrected chi connectivity index (χ4v) is 3.75. The molecule has 0 saturated carbocycles. The first kappa shape index (κ1) is 21.4. The van der Waals surface area contributed by atoms with Crippen LogP contribution in [0, 0.1) is 0 Å². The first-order valence-corrected chi connectivity index (χ1v) is 10.1. The van der Waals surface area contributed by atoms with Gasteiger partial charge in [0.2, 0.25) is 5.91 Å². The highest BCUT2D eigenvalue weighted by Crippen LogP contribution is 2.44. The molecule has 7 heteroatoms. The maximum atomic E-state index is 12.4. The number of fused-ring (bicyclic) bond motifs is 3. The zero-order valence-electron chi connectivity index (χ0n) is 17.1. The number of benzene rings is 2. The van der Waals surface area contributed by atoms with Crippen LogP contribution in [0.15, 0.2) is 48.5 Å². The summed E-state index contributed by atoms with van der Waals surface area (Å²) in [6, 6.07) is 14.2. The summed E-state index contributed by atoms with van der Waals surface area (Å²) in [6.07, 6.45) is -0.142. The molecule has 0 unspecified atom stereocenters. The lowest BCUT2D eigenvalue weighted by atomic mass is 9.98. The molecule has 0 aromatic heterocycles. The van der Waals surface area contributed by atoms with Crippen molar-refractivity contribution in [2.75, 3.05) is 6.61 Å². The van der Waals surface area contributed by atoms with E-state index in [0.717, 1.165) is 22.3 Å². The largest absolute Gasteiger partial charge is 0.480 e. The minimum atomic E-state index is -1.11. The molecule has 3 N–H and O–H groups in total. The van der Waals surface area contributed by atoms with Crippen LogP contribution in [0.25, 0.3) is 11.1 Å². The molecule has 0 fully saturated rings. The predicted molar refractivity (Wildman–Crippen MR) is 112 cm³/mol. The Morgan fingerprint density at radius 3 is 1.93 bits per heavy atom. The molecule has 30 heavy (non-hydrogen) atoms. The number of carbonyl (C=O) groups excluding carboxylic acids is 2. The van der Waals surface area contributed by atoms with Gasteiger partial charge in [0.15, 0.2) is 0 Å². The number of hydrogen-bond donors (Lipinski definition) is 3. The van der Waals surface area contributed by atoms with Gasteiger partial charge in [-0.1, -0.05) is 62.4 Å². The molecular weight excluding hydrogens is 384 g/mol. The Balaban J connectivity index is 1.63. The van der Waals surface area contributed by atoms with Crippen LogP contribution in [0.5, 0.6) is 0 Å². The van der Waals surface area contributed by atoms with Crippen LogP contribution in [0.1, 0.15) is 43.7 Å². The molecule has 1 aliphatic rings. The zero-order chi connectivity index (χ0) is 21.7. The predicted octanol–water partition coefficient (Wildman–Crippen LogP) is 3.28. The van der Waals surface area contributed by atoms with Crippen LogP contribution in [0.2, 0.25) is 0 Å². The van der Waals surface area contributed by atoms with E-state index in [9.17, 15) is 14.4 Å². The molecular formula is C23H26N2O5. The van der Waals surface area contributed by atoms with Crippen molar-refractivity contribution in [3.8, 4) is 11.1 Å². The molecule has 0 bridgehead atoms. The molecule has 3 rings (SSSR count). The van der Waals surface area contributed by atoms with Gasteiger partial charge >= 0.3 is 12.1 Å². The Kier molecular flexibility index (Phi) is 6.72. The first-order chi connectivity index (χ1) is 14.5. The molecule has 1 aliphatic carbocycles. The van der Waals surface area contributed by atoms with Gasteiger partial charge in [0, 0.05) is 5.92 Å². The molecule has 158 valence electrons. The molecule has 2 aromatic rings. The fraction of sp³-hybridized carbons (Fsp3) is 0.348. The number of carboxylic acids is 1. The van der Waals surface area contributed by atoms with E-state index in [4.69, 9.17) is 9.84 Å². The average Bonchev–Trinajstić information content (AvgIpc) is 3.07. The second-order valence-electron chi connectivity index (χ2n) is 7.24. The molecule has 0 saturated heterocycles. The van der Waals surface area contributed by atoms with Gasteiger partial charge < -0.3 is 20.5 Å². The minimum absolute atomic E-state index is 0.0754. The van der Waals surface area contributed by atoms with Crippen molar-refractivity contribution in [2.24, 2.45) is 0 Å². The van der Waals surface area contributed by atoms with Gasteiger partial charge in [0.05, 0.1) is 0 Å². The second kappa shape index (κ2) is 9.43. The van der Waals surface area contributed by atoms with E-state index < -0.39 is 30.1 Å². The SMILES string of the molecule is CC[C@@H](NC(=O)[C@@H](CC)NC(=O)OCC1c2ccccc2-c2ccccc21)C(=O)O. The highest BCUT2D eigenvalue weighted by atomic mass is 16.5. The number of ether oxygens (including phenoxy) is 1. The quantitative estimate of drug-likeness (QED) is 0.619. The normalized spacial score (nSPS) is 14.2. The second-order valence-corrected chi connectivity index (χ2v) is 7.24. The monoisotopic (exact) mass is 410 g/mol. The van der Waals surface area contributed by atoms with E-state index in [1.807, 2.05) is 36.4 Å². The number of amides is 2. The third-order valence-electron chi connectivity index (χ3n) is 5.38. The van der Waals surface area contributed by atoms with Crippen LogP contribution in [0.3, 0.4) is 0 Å². The summed E-state index contributed by atoms with van der Waals surface area (Å²) >= 11 is 0. The maximum Gasteiger partial charge on any atom is 0.407 e. The summed E-state index contributed by atoms with van der Waals surface area (Å²) in [6.45, 7) is 3.54. The third kappa shape index (κ3) is 4.45. The van der Waals surface area contributed by atoms with Gasteiger partial charge in [0.1, 0.15) is 18.7 Å². The molecule has 2 aromatic carbocycles. The van der Waals surface area contributed by atoms with E-state index in [1.54, 1.807) is 13.8 Å². The Bertz CT molecular complexity index is 897. The summed E-state index contributed by atoms with van der Waals surface area (Å²) in [4.78, 5) is 35.8. The number of carbonyl (C=O) groups is 3. The average molecular weight is 410 g/mol. The summed E-state index contributed by atoms with van der Waals surface area (Å²) in [5.41, 5.74) is 4.46. The smallest absolute Gasteiger partial charge is 0.407 e. The number of rotatable bonds is 8. The van der Waals surface area contributed by atoms with E-state index in [-0.39, 0.29) is 18.9 Å². The summed E-state index contributed by atoms with van der Waals surface area (Å²) in [5, 5.41) is 14.1. The molecule has 2 amide bonds. The minimum Gasteiger partial charge on any atom is -0.480 e. The van der Waals surface area contributed by atoms with Crippen molar-refractivity contribution >= 4 is 18.0 Å². The van der Waals surface area contributed by atoms with Crippen molar-refractivity contribution in [3.05, 3.63) is 59.7 Å². The molecule has 0 heterocycles. The highest BCUT2D eigenvalue weighted by Gasteiger charge is 2.30. The summed E-state index contributed by atoms with van der Waals surface area (Å²) in [5.74, 6) is -1.73. The number of aliphatic carboxylic acids is 1. The van der Waals surface area contributed by atoms with Gasteiger partial charge in [-0.15, -0.1) is 0 Å². The van der Waals surface area contributed by atoms with E-state index in [2.05, 4.69) is 22.8 Å². The van der Waals surface area contributed by atoms with Gasteiger partial charge in [-0.05, 0) is 35.1 Å². The van der Waals surface area contributed by atoms with Crippen LogP contribution in [0.4, 0.5) is 4.79 Å². The number of carboxylic acid groups (broad SMARTS) is 1. The van der Waals surface area contributed by atoms with Crippen molar-refractivity contribution in [1.82, 2.24) is 10.6 Å². The Morgan fingerprint density at radius 1 is 0.900 bits per heavy atom. The summed E-state index contributed by atoms with van der Waals surface area (Å²) < 4.78 is 5.45. The standard InChI is InChI=1S/C23H26N2O5/c1-3-19(21(26)24-20(4-2)22(27)28)25-23(29)30-13-18-16-11-7-5-9-14(16)15-10-6-8-12-17(15)18/h5-12,18-20H,3-4,13H2,1-2H3,(H,24,26)(H,25,29)(H,27,28)/t19-,20-/m1/s1. The third-order valence-corrected chi connectivity index (χ3v) is 5.38. The molecule has 7 nitrogen and oxygen atoms in total. The number of nitrogens with one attached hydrogen (secondary N) is 2. The van der Waals surface area contributed by atoms with Crippen LogP contribution in [-0.2, 0) is 14.3 Å². The maximum absolute atomic E-state index is 12.4. The Labute approximate surface area is 175 Å². The molecule has 0 radical (unpaired) electrons. The van der Waals surface area contributed by atoms with Gasteiger partial charge in [-0.25, -0.2) is 9.59 Å². The number of hydrogen-bond acceptors (Lipinski definition) is 4. The molecule has 0 spiro atoms. The van der Waals surface area contributed by atoms with Crippen LogP contribution >= 0.6 is 0 Å². The van der Waals surface area contributed by atoms with E-state index in [0.29, 0.717) is 6.42 Å². The van der Waals surface area contributed by atoms with E-state index >= 15 is 0 Å². The lowest BCUT2D eigenvalue weighted by Gasteiger charge is -2.20. The number of alkyl carbamates (subject to hydrolysis) is 1. The fourth-order valence-electron chi connectivity index (χ4n) is 3.75. The van der Waals surface area contributed by atoms with Gasteiger partial charge in [-0.2, -0.15) is 0 Å². The van der Waals surface area contributed by atoms with Crippen LogP contribution in [-0.4, -0.2) is 41.8 Å². The van der Waals surface area contributed by atoms with Crippen molar-refractivity contribution in [1.29, 1.82) is 0 Å². The molecule has 0 aliphatic heterocycles. The Morgan fingerprint density at radius 2 is 1.43 bits per heavy atom. The lowest BCUT2D eigenvalue weighted by molar-refractivity contribution is -0.142. The van der Waals surface area contributed by atoms with Gasteiger partial charge in [0.25, 0.3) is 0 Å². The van der Waals surface area contributed by atoms with Crippen molar-refractivity contribution in [2.45, 2.75) is 44.7 Å². The van der Waals surface area contributed by atoms with Crippen LogP contribution < -0.4 is 10.6 Å². The first-order valence-electron chi connectivity index (χ1n) is 10.1. The highest BCUT2D eigenvalue weighted by molar-refractivity contribution is 5.89. The van der Waals surface area contributed by atoms with Crippen molar-refractivity contribution < 1.29 is 24.2 Å². The van der Waals surface area contributed by atoms with E-state index in [1.165, 1.54) is 0 Å². The van der Waals surface area contributed by atoms with Gasteiger partial charge in [-0.3, -0.25) is 4.79 Å². The lowest BCUT2D eigenvalue weighted by Crippen LogP contribution is -2.51. The molecule has 2 atom stereocenters.